The van der Waals surface area contributed by atoms with Crippen molar-refractivity contribution in [3.05, 3.63) is 64.2 Å². The fraction of sp³-hybridized carbons (Fsp3) is 0.273. The van der Waals surface area contributed by atoms with Crippen LogP contribution in [0.1, 0.15) is 40.1 Å². The van der Waals surface area contributed by atoms with Crippen LogP contribution in [0.25, 0.3) is 0 Å². The molecule has 0 radical (unpaired) electrons. The Labute approximate surface area is 191 Å². The summed E-state index contributed by atoms with van der Waals surface area (Å²) in [4.78, 5) is 51.1. The number of carbonyl (C=O) groups excluding carboxylic acids is 4. The van der Waals surface area contributed by atoms with E-state index in [-0.39, 0.29) is 21.8 Å². The van der Waals surface area contributed by atoms with Crippen molar-refractivity contribution in [3.63, 3.8) is 0 Å². The Bertz CT molecular complexity index is 1100. The summed E-state index contributed by atoms with van der Waals surface area (Å²) in [5.74, 6) is -3.82. The van der Waals surface area contributed by atoms with E-state index in [1.54, 1.807) is 26.0 Å². The number of carbonyl (C=O) groups is 4. The van der Waals surface area contributed by atoms with Gasteiger partial charge in [-0.1, -0.05) is 37.6 Å². The number of hydrogen-bond donors (Lipinski definition) is 1. The summed E-state index contributed by atoms with van der Waals surface area (Å²) in [5, 5.41) is 2.01. The molecule has 7 nitrogen and oxygen atoms in total. The fourth-order valence-corrected chi connectivity index (χ4v) is 3.51. The number of anilines is 1. The molecule has 2 aromatic carbocycles. The molecule has 0 aromatic heterocycles. The van der Waals surface area contributed by atoms with Gasteiger partial charge < -0.3 is 10.1 Å². The molecule has 1 aliphatic heterocycles. The Morgan fingerprint density at radius 2 is 1.64 bits per heavy atom. The molecule has 3 rings (SSSR count). The number of halogens is 4. The zero-order valence-corrected chi connectivity index (χ0v) is 18.2. The van der Waals surface area contributed by atoms with Gasteiger partial charge in [-0.25, -0.2) is 4.79 Å². The molecule has 0 fully saturated rings. The minimum absolute atomic E-state index is 0.145. The monoisotopic (exact) mass is 482 g/mol. The molecule has 3 amide bonds. The largest absolute Gasteiger partial charge is 0.454 e. The number of rotatable bonds is 6. The number of nitrogens with one attached hydrogen (secondary N) is 1. The van der Waals surface area contributed by atoms with Gasteiger partial charge in [-0.05, 0) is 36.2 Å². The highest BCUT2D eigenvalue weighted by Crippen LogP contribution is 2.34. The third-order valence-electron chi connectivity index (χ3n) is 4.89. The van der Waals surface area contributed by atoms with Gasteiger partial charge in [0.25, 0.3) is 17.7 Å². The van der Waals surface area contributed by atoms with Crippen LogP contribution in [0.5, 0.6) is 0 Å². The first-order valence-electron chi connectivity index (χ1n) is 9.72. The number of alkyl halides is 3. The lowest BCUT2D eigenvalue weighted by molar-refractivity contribution is -0.152. The second-order valence-corrected chi connectivity index (χ2v) is 7.97. The van der Waals surface area contributed by atoms with Gasteiger partial charge in [0.2, 0.25) is 0 Å². The zero-order valence-electron chi connectivity index (χ0n) is 17.4. The smallest absolute Gasteiger partial charge is 0.416 e. The number of nitrogens with zero attached hydrogens (tertiary/aromatic N) is 1. The molecule has 1 unspecified atom stereocenters. The van der Waals surface area contributed by atoms with Gasteiger partial charge in [-0.2, -0.15) is 13.2 Å². The highest BCUT2D eigenvalue weighted by atomic mass is 35.5. The van der Waals surface area contributed by atoms with Gasteiger partial charge in [0.1, 0.15) is 6.04 Å². The Balaban J connectivity index is 1.70. The van der Waals surface area contributed by atoms with Crippen LogP contribution in [0.3, 0.4) is 0 Å². The number of hydrogen-bond acceptors (Lipinski definition) is 5. The van der Waals surface area contributed by atoms with Crippen molar-refractivity contribution in [2.24, 2.45) is 5.92 Å². The van der Waals surface area contributed by atoms with E-state index in [1.807, 2.05) is 0 Å². The summed E-state index contributed by atoms with van der Waals surface area (Å²) in [6.07, 6.45) is -4.65. The van der Waals surface area contributed by atoms with Crippen LogP contribution in [-0.2, 0) is 20.5 Å². The highest BCUT2D eigenvalue weighted by molar-refractivity contribution is 6.33. The van der Waals surface area contributed by atoms with E-state index >= 15 is 0 Å². The molecule has 1 N–H and O–H groups in total. The maximum atomic E-state index is 12.9. The standard InChI is InChI=1S/C22H18ClF3N2O5/c1-11(2)18(28-19(30)13-5-3-4-6-14(13)20(28)31)21(32)33-10-17(29)27-16-9-12(22(24,25)26)7-8-15(16)23/h3-9,11,18H,10H2,1-2H3,(H,27,29). The number of fused-ring (bicyclic) bond motifs is 1. The molecule has 1 aliphatic rings. The summed E-state index contributed by atoms with van der Waals surface area (Å²) in [6, 6.07) is 7.17. The van der Waals surface area contributed by atoms with Crippen LogP contribution >= 0.6 is 11.6 Å². The Morgan fingerprint density at radius 3 is 2.15 bits per heavy atom. The Morgan fingerprint density at radius 1 is 1.06 bits per heavy atom. The first kappa shape index (κ1) is 24.2. The van der Waals surface area contributed by atoms with Crippen LogP contribution in [0.15, 0.2) is 42.5 Å². The van der Waals surface area contributed by atoms with Crippen molar-refractivity contribution in [1.82, 2.24) is 4.90 Å². The lowest BCUT2D eigenvalue weighted by atomic mass is 10.0. The van der Waals surface area contributed by atoms with Crippen molar-refractivity contribution >= 4 is 41.0 Å². The molecule has 33 heavy (non-hydrogen) atoms. The molecule has 1 heterocycles. The molecule has 0 saturated carbocycles. The lowest BCUT2D eigenvalue weighted by Crippen LogP contribution is -2.49. The molecule has 0 bridgehead atoms. The van der Waals surface area contributed by atoms with E-state index in [0.29, 0.717) is 6.07 Å². The van der Waals surface area contributed by atoms with Gasteiger partial charge >= 0.3 is 12.1 Å². The highest BCUT2D eigenvalue weighted by Gasteiger charge is 2.44. The van der Waals surface area contributed by atoms with Crippen LogP contribution in [-0.4, -0.2) is 41.2 Å². The van der Waals surface area contributed by atoms with E-state index in [4.69, 9.17) is 16.3 Å². The molecule has 0 saturated heterocycles. The van der Waals surface area contributed by atoms with Crippen LogP contribution in [0.4, 0.5) is 18.9 Å². The van der Waals surface area contributed by atoms with Crippen LogP contribution in [0.2, 0.25) is 5.02 Å². The number of ether oxygens (including phenoxy) is 1. The normalized spacial score (nSPS) is 14.3. The summed E-state index contributed by atoms with van der Waals surface area (Å²) in [7, 11) is 0. The van der Waals surface area contributed by atoms with Gasteiger partial charge in [-0.15, -0.1) is 0 Å². The van der Waals surface area contributed by atoms with Crippen LogP contribution < -0.4 is 5.32 Å². The summed E-state index contributed by atoms with van der Waals surface area (Å²) >= 11 is 5.84. The molecular weight excluding hydrogens is 465 g/mol. The quantitative estimate of drug-likeness (QED) is 0.493. The van der Waals surface area contributed by atoms with Crippen LogP contribution in [0, 0.1) is 5.92 Å². The van der Waals surface area contributed by atoms with E-state index in [0.717, 1.165) is 17.0 Å². The number of amides is 3. The van der Waals surface area contributed by atoms with Crippen molar-refractivity contribution in [2.75, 3.05) is 11.9 Å². The Kier molecular flexibility index (Phi) is 6.78. The zero-order chi connectivity index (χ0) is 24.5. The van der Waals surface area contributed by atoms with Crippen molar-refractivity contribution in [3.8, 4) is 0 Å². The lowest BCUT2D eigenvalue weighted by Gasteiger charge is -2.27. The second kappa shape index (κ2) is 9.22. The van der Waals surface area contributed by atoms with Crippen molar-refractivity contribution in [2.45, 2.75) is 26.1 Å². The van der Waals surface area contributed by atoms with E-state index in [9.17, 15) is 32.3 Å². The third kappa shape index (κ3) is 5.00. The molecule has 0 aliphatic carbocycles. The summed E-state index contributed by atoms with van der Waals surface area (Å²) in [6.45, 7) is 2.33. The summed E-state index contributed by atoms with van der Waals surface area (Å²) in [5.41, 5.74) is -1.03. The van der Waals surface area contributed by atoms with Crippen molar-refractivity contribution < 1.29 is 37.1 Å². The Hall–Kier alpha value is -3.40. The molecule has 2 aromatic rings. The van der Waals surface area contributed by atoms with E-state index in [2.05, 4.69) is 5.32 Å². The average molecular weight is 483 g/mol. The van der Waals surface area contributed by atoms with Gasteiger partial charge in [0.05, 0.1) is 27.4 Å². The fourth-order valence-electron chi connectivity index (χ4n) is 3.34. The van der Waals surface area contributed by atoms with E-state index < -0.39 is 54.0 Å². The maximum absolute atomic E-state index is 12.9. The topological polar surface area (TPSA) is 92.8 Å². The van der Waals surface area contributed by atoms with Gasteiger partial charge in [-0.3, -0.25) is 19.3 Å². The molecular formula is C22H18ClF3N2O5. The van der Waals surface area contributed by atoms with Gasteiger partial charge in [0.15, 0.2) is 6.61 Å². The number of benzene rings is 2. The summed E-state index contributed by atoms with van der Waals surface area (Å²) < 4.78 is 43.6. The average Bonchev–Trinajstić information content (AvgIpc) is 2.98. The minimum Gasteiger partial charge on any atom is -0.454 e. The number of imide groups is 1. The minimum atomic E-state index is -4.65. The molecule has 1 atom stereocenters. The predicted molar refractivity (Wildman–Crippen MR) is 112 cm³/mol. The molecule has 174 valence electrons. The van der Waals surface area contributed by atoms with Gasteiger partial charge in [0, 0.05) is 0 Å². The van der Waals surface area contributed by atoms with Crippen molar-refractivity contribution in [1.29, 1.82) is 0 Å². The maximum Gasteiger partial charge on any atom is 0.416 e. The SMILES string of the molecule is CC(C)C(C(=O)OCC(=O)Nc1cc(C(F)(F)F)ccc1Cl)N1C(=O)c2ccccc2C1=O. The first-order valence-corrected chi connectivity index (χ1v) is 10.1. The molecule has 0 spiro atoms. The van der Waals surface area contributed by atoms with E-state index in [1.165, 1.54) is 12.1 Å². The molecule has 11 heteroatoms. The second-order valence-electron chi connectivity index (χ2n) is 7.56. The first-order chi connectivity index (χ1) is 15.4. The third-order valence-corrected chi connectivity index (χ3v) is 5.22. The predicted octanol–water partition coefficient (Wildman–Crippen LogP) is 4.16. The number of esters is 1.